The van der Waals surface area contributed by atoms with Crippen LogP contribution in [0.5, 0.6) is 0 Å². The van der Waals surface area contributed by atoms with Gasteiger partial charge in [-0.15, -0.1) is 0 Å². The van der Waals surface area contributed by atoms with Crippen molar-refractivity contribution in [3.05, 3.63) is 35.5 Å². The van der Waals surface area contributed by atoms with E-state index in [1.54, 1.807) is 12.5 Å². The number of nitrogens with zero attached hydrogens (tertiary/aromatic N) is 2. The molecule has 0 bridgehead atoms. The Morgan fingerprint density at radius 2 is 2.00 bits per heavy atom. The topological polar surface area (TPSA) is 63.0 Å². The maximum Gasteiger partial charge on any atom is 0.135 e. The van der Waals surface area contributed by atoms with Crippen molar-refractivity contribution < 1.29 is 4.42 Å². The number of hydrogen-bond acceptors (Lipinski definition) is 5. The lowest BCUT2D eigenvalue weighted by Crippen LogP contribution is -2.10. The Hall–Kier alpha value is -2.04. The van der Waals surface area contributed by atoms with Gasteiger partial charge in [0, 0.05) is 30.6 Å². The summed E-state index contributed by atoms with van der Waals surface area (Å²) >= 11 is 0. The molecule has 0 aliphatic carbocycles. The van der Waals surface area contributed by atoms with Crippen LogP contribution in [0.1, 0.15) is 36.7 Å². The van der Waals surface area contributed by atoms with E-state index >= 15 is 0 Å². The van der Waals surface area contributed by atoms with Gasteiger partial charge >= 0.3 is 0 Å². The normalized spacial score (nSPS) is 10.8. The fraction of sp³-hybridized carbons (Fsp3) is 0.429. The summed E-state index contributed by atoms with van der Waals surface area (Å²) in [4.78, 5) is 9.10. The Balaban J connectivity index is 2.24. The second kappa shape index (κ2) is 5.73. The average molecular weight is 260 g/mol. The van der Waals surface area contributed by atoms with Crippen LogP contribution in [0.4, 0.5) is 11.6 Å². The van der Waals surface area contributed by atoms with Gasteiger partial charge in [0.25, 0.3) is 0 Å². The van der Waals surface area contributed by atoms with E-state index in [0.29, 0.717) is 12.5 Å². The molecule has 0 atom stereocenters. The minimum absolute atomic E-state index is 0.294. The third-order valence-corrected chi connectivity index (χ3v) is 2.96. The Labute approximate surface area is 113 Å². The van der Waals surface area contributed by atoms with E-state index < -0.39 is 0 Å². The number of aromatic nitrogens is 2. The monoisotopic (exact) mass is 260 g/mol. The summed E-state index contributed by atoms with van der Waals surface area (Å²) in [5.41, 5.74) is 2.12. The second-order valence-electron chi connectivity index (χ2n) is 4.79. The molecule has 0 radical (unpaired) electrons. The van der Waals surface area contributed by atoms with E-state index in [0.717, 1.165) is 28.6 Å². The van der Waals surface area contributed by atoms with Crippen LogP contribution in [0.15, 0.2) is 23.0 Å². The zero-order valence-corrected chi connectivity index (χ0v) is 11.8. The van der Waals surface area contributed by atoms with Crippen molar-refractivity contribution in [3.63, 3.8) is 0 Å². The molecule has 0 aromatic carbocycles. The standard InChI is InChI=1S/C14H20N4O/c1-9(2)12-17-13(15-4)10(3)14(18-12)16-7-11-5-6-19-8-11/h5-6,8-9H,7H2,1-4H3,(H2,15,16,17,18). The summed E-state index contributed by atoms with van der Waals surface area (Å²) in [6.45, 7) is 6.87. The summed E-state index contributed by atoms with van der Waals surface area (Å²) in [5, 5.41) is 6.45. The zero-order chi connectivity index (χ0) is 13.8. The van der Waals surface area contributed by atoms with Crippen molar-refractivity contribution >= 4 is 11.6 Å². The van der Waals surface area contributed by atoms with Gasteiger partial charge in [-0.25, -0.2) is 9.97 Å². The molecule has 0 aliphatic heterocycles. The smallest absolute Gasteiger partial charge is 0.135 e. The van der Waals surface area contributed by atoms with Gasteiger partial charge in [-0.3, -0.25) is 0 Å². The van der Waals surface area contributed by atoms with Gasteiger partial charge in [-0.05, 0) is 13.0 Å². The molecule has 2 N–H and O–H groups in total. The highest BCUT2D eigenvalue weighted by Gasteiger charge is 2.12. The minimum atomic E-state index is 0.294. The Bertz CT molecular complexity index is 535. The summed E-state index contributed by atoms with van der Waals surface area (Å²) in [6.07, 6.45) is 3.40. The summed E-state index contributed by atoms with van der Waals surface area (Å²) in [5.74, 6) is 2.87. The van der Waals surface area contributed by atoms with E-state index in [9.17, 15) is 0 Å². The molecule has 5 nitrogen and oxygen atoms in total. The summed E-state index contributed by atoms with van der Waals surface area (Å²) < 4.78 is 5.05. The first-order valence-electron chi connectivity index (χ1n) is 6.43. The van der Waals surface area contributed by atoms with Gasteiger partial charge in [0.15, 0.2) is 0 Å². The van der Waals surface area contributed by atoms with Gasteiger partial charge in [0.05, 0.1) is 12.5 Å². The lowest BCUT2D eigenvalue weighted by molar-refractivity contribution is 0.564. The van der Waals surface area contributed by atoms with E-state index in [1.165, 1.54) is 0 Å². The fourth-order valence-corrected chi connectivity index (χ4v) is 1.79. The number of nitrogens with one attached hydrogen (secondary N) is 2. The van der Waals surface area contributed by atoms with Crippen LogP contribution >= 0.6 is 0 Å². The number of anilines is 2. The van der Waals surface area contributed by atoms with Gasteiger partial charge in [-0.1, -0.05) is 13.8 Å². The molecule has 19 heavy (non-hydrogen) atoms. The van der Waals surface area contributed by atoms with E-state index in [2.05, 4.69) is 34.4 Å². The predicted molar refractivity (Wildman–Crippen MR) is 76.4 cm³/mol. The van der Waals surface area contributed by atoms with Crippen molar-refractivity contribution in [1.29, 1.82) is 0 Å². The number of hydrogen-bond donors (Lipinski definition) is 2. The maximum atomic E-state index is 5.05. The van der Waals surface area contributed by atoms with Crippen LogP contribution in [0.25, 0.3) is 0 Å². The third-order valence-electron chi connectivity index (χ3n) is 2.96. The molecule has 0 amide bonds. The van der Waals surface area contributed by atoms with Gasteiger partial charge in [-0.2, -0.15) is 0 Å². The highest BCUT2D eigenvalue weighted by atomic mass is 16.3. The summed E-state index contributed by atoms with van der Waals surface area (Å²) in [6, 6.07) is 1.94. The molecule has 2 aromatic rings. The zero-order valence-electron chi connectivity index (χ0n) is 11.8. The molecular weight excluding hydrogens is 240 g/mol. The molecule has 0 spiro atoms. The first-order valence-corrected chi connectivity index (χ1v) is 6.43. The van der Waals surface area contributed by atoms with Crippen LogP contribution in [0.3, 0.4) is 0 Å². The molecular formula is C14H20N4O. The van der Waals surface area contributed by atoms with Crippen LogP contribution < -0.4 is 10.6 Å². The highest BCUT2D eigenvalue weighted by Crippen LogP contribution is 2.23. The molecule has 0 fully saturated rings. The lowest BCUT2D eigenvalue weighted by Gasteiger charge is -2.14. The van der Waals surface area contributed by atoms with Gasteiger partial charge in [0.1, 0.15) is 17.5 Å². The molecule has 0 saturated carbocycles. The van der Waals surface area contributed by atoms with Crippen molar-refractivity contribution in [2.75, 3.05) is 17.7 Å². The van der Waals surface area contributed by atoms with Crippen molar-refractivity contribution in [3.8, 4) is 0 Å². The van der Waals surface area contributed by atoms with Crippen LogP contribution in [-0.2, 0) is 6.54 Å². The quantitative estimate of drug-likeness (QED) is 0.864. The number of furan rings is 1. The van der Waals surface area contributed by atoms with E-state index in [4.69, 9.17) is 4.42 Å². The largest absolute Gasteiger partial charge is 0.472 e. The Morgan fingerprint density at radius 3 is 2.58 bits per heavy atom. The van der Waals surface area contributed by atoms with Crippen LogP contribution in [0.2, 0.25) is 0 Å². The SMILES string of the molecule is CNc1nc(C(C)C)nc(NCc2ccoc2)c1C. The van der Waals surface area contributed by atoms with Crippen molar-refractivity contribution in [2.45, 2.75) is 33.2 Å². The Kier molecular flexibility index (Phi) is 4.04. The third kappa shape index (κ3) is 3.05. The molecule has 0 unspecified atom stereocenters. The van der Waals surface area contributed by atoms with Crippen molar-refractivity contribution in [2.24, 2.45) is 0 Å². The number of rotatable bonds is 5. The average Bonchev–Trinajstić information content (AvgIpc) is 2.90. The fourth-order valence-electron chi connectivity index (χ4n) is 1.79. The molecule has 0 aliphatic rings. The van der Waals surface area contributed by atoms with Gasteiger partial charge < -0.3 is 15.1 Å². The highest BCUT2D eigenvalue weighted by molar-refractivity contribution is 5.57. The molecule has 2 rings (SSSR count). The van der Waals surface area contributed by atoms with Crippen LogP contribution in [0, 0.1) is 6.92 Å². The van der Waals surface area contributed by atoms with Crippen LogP contribution in [-0.4, -0.2) is 17.0 Å². The van der Waals surface area contributed by atoms with Gasteiger partial charge in [0.2, 0.25) is 0 Å². The minimum Gasteiger partial charge on any atom is -0.472 e. The lowest BCUT2D eigenvalue weighted by atomic mass is 10.2. The first kappa shape index (κ1) is 13.4. The molecule has 2 aromatic heterocycles. The predicted octanol–water partition coefficient (Wildman–Crippen LogP) is 3.16. The summed E-state index contributed by atoms with van der Waals surface area (Å²) in [7, 11) is 1.87. The van der Waals surface area contributed by atoms with E-state index in [-0.39, 0.29) is 0 Å². The molecule has 102 valence electrons. The van der Waals surface area contributed by atoms with Crippen molar-refractivity contribution in [1.82, 2.24) is 9.97 Å². The van der Waals surface area contributed by atoms with E-state index in [1.807, 2.05) is 20.0 Å². The molecule has 5 heteroatoms. The molecule has 2 heterocycles. The second-order valence-corrected chi connectivity index (χ2v) is 4.79. The first-order chi connectivity index (χ1) is 9.11. The Morgan fingerprint density at radius 1 is 1.26 bits per heavy atom. The molecule has 0 saturated heterocycles. The maximum absolute atomic E-state index is 5.05.